The van der Waals surface area contributed by atoms with Crippen LogP contribution in [0, 0.1) is 18.4 Å². The van der Waals surface area contributed by atoms with Gasteiger partial charge in [0.1, 0.15) is 5.83 Å². The van der Waals surface area contributed by atoms with Crippen molar-refractivity contribution in [3.63, 3.8) is 0 Å². The number of hydrogen-bond acceptors (Lipinski definition) is 3. The second-order valence-electron chi connectivity index (χ2n) is 3.13. The third-order valence-corrected chi connectivity index (χ3v) is 1.87. The van der Waals surface area contributed by atoms with Crippen molar-refractivity contribution in [3.8, 4) is 6.19 Å². The van der Waals surface area contributed by atoms with Crippen LogP contribution in [0.4, 0.5) is 8.78 Å². The average Bonchev–Trinajstić information content (AvgIpc) is 2.17. The van der Waals surface area contributed by atoms with E-state index in [9.17, 15) is 8.78 Å². The van der Waals surface area contributed by atoms with E-state index in [0.717, 1.165) is 12.5 Å². The molecule has 3 nitrogen and oxygen atoms in total. The Morgan fingerprint density at radius 3 is 2.69 bits per heavy atom. The van der Waals surface area contributed by atoms with E-state index in [-0.39, 0.29) is 11.3 Å². The molecule has 1 heterocycles. The van der Waals surface area contributed by atoms with E-state index < -0.39 is 11.8 Å². The van der Waals surface area contributed by atoms with Gasteiger partial charge in [0, 0.05) is 6.20 Å². The Hall–Kier alpha value is -2.09. The quantitative estimate of drug-likeness (QED) is 0.569. The fraction of sp³-hybridized carbons (Fsp3) is 0.182. The highest BCUT2D eigenvalue weighted by Gasteiger charge is 2.15. The fourth-order valence-corrected chi connectivity index (χ4v) is 1.20. The van der Waals surface area contributed by atoms with Crippen LogP contribution >= 0.6 is 0 Å². The lowest BCUT2D eigenvalue weighted by Crippen LogP contribution is -2.00. The van der Waals surface area contributed by atoms with Gasteiger partial charge in [-0.2, -0.15) is 9.65 Å². The molecule has 0 spiro atoms. The minimum Gasteiger partial charge on any atom is -0.256 e. The summed E-state index contributed by atoms with van der Waals surface area (Å²) < 4.78 is 26.5. The van der Waals surface area contributed by atoms with Crippen LogP contribution in [0.25, 0.3) is 5.57 Å². The molecule has 0 aliphatic rings. The second-order valence-corrected chi connectivity index (χ2v) is 3.13. The number of hydrogen-bond donors (Lipinski definition) is 0. The van der Waals surface area contributed by atoms with E-state index >= 15 is 0 Å². The Labute approximate surface area is 91.8 Å². The number of aryl methyl sites for hydroxylation is 1. The van der Waals surface area contributed by atoms with Crippen molar-refractivity contribution in [1.82, 2.24) is 4.98 Å². The average molecular weight is 221 g/mol. The lowest BCUT2D eigenvalue weighted by Gasteiger charge is -2.03. The summed E-state index contributed by atoms with van der Waals surface area (Å²) in [6, 6.07) is 3.22. The molecule has 0 aliphatic heterocycles. The van der Waals surface area contributed by atoms with Gasteiger partial charge in [-0.25, -0.2) is 4.39 Å². The molecule has 0 aliphatic carbocycles. The molecule has 0 radical (unpaired) electrons. The van der Waals surface area contributed by atoms with E-state index in [1.165, 1.54) is 18.5 Å². The minimum absolute atomic E-state index is 0.122. The predicted octanol–water partition coefficient (Wildman–Crippen LogP) is 2.94. The highest BCUT2D eigenvalue weighted by molar-refractivity contribution is 6.19. The maximum Gasteiger partial charge on any atom is 0.235 e. The summed E-state index contributed by atoms with van der Waals surface area (Å²) >= 11 is 0. The third-order valence-electron chi connectivity index (χ3n) is 1.87. The monoisotopic (exact) mass is 221 g/mol. The zero-order valence-corrected chi connectivity index (χ0v) is 8.83. The third kappa shape index (κ3) is 2.70. The molecule has 0 N–H and O–H groups in total. The van der Waals surface area contributed by atoms with Crippen molar-refractivity contribution in [1.29, 1.82) is 5.26 Å². The Balaban J connectivity index is 3.32. The zero-order valence-electron chi connectivity index (χ0n) is 8.83. The highest BCUT2D eigenvalue weighted by Crippen LogP contribution is 2.21. The summed E-state index contributed by atoms with van der Waals surface area (Å²) in [5.41, 5.74) is 0.551. The van der Waals surface area contributed by atoms with Crippen LogP contribution in [-0.2, 0) is 0 Å². The molecule has 0 amide bonds. The molecular weight excluding hydrogens is 212 g/mol. The fourth-order valence-electron chi connectivity index (χ4n) is 1.20. The van der Waals surface area contributed by atoms with Gasteiger partial charge < -0.3 is 0 Å². The zero-order chi connectivity index (χ0) is 12.1. The number of nitrogens with zero attached hydrogens (tertiary/aromatic N) is 3. The van der Waals surface area contributed by atoms with E-state index in [1.807, 2.05) is 0 Å². The second kappa shape index (κ2) is 5.12. The molecule has 0 bridgehead atoms. The maximum atomic E-state index is 13.3. The first kappa shape index (κ1) is 12.0. The Kier molecular flexibility index (Phi) is 3.84. The number of nitriles is 1. The Morgan fingerprint density at radius 2 is 2.19 bits per heavy atom. The smallest absolute Gasteiger partial charge is 0.235 e. The summed E-state index contributed by atoms with van der Waals surface area (Å²) in [7, 11) is 0. The Morgan fingerprint density at radius 1 is 1.50 bits per heavy atom. The SMILES string of the molecule is CC(F)=C(/C(F)=N/C#N)c1cc(C)ccn1. The number of rotatable bonds is 2. The molecular formula is C11H9F2N3. The molecule has 16 heavy (non-hydrogen) atoms. The molecule has 0 atom stereocenters. The molecule has 0 aromatic carbocycles. The van der Waals surface area contributed by atoms with Crippen LogP contribution in [-0.4, -0.2) is 10.9 Å². The summed E-state index contributed by atoms with van der Waals surface area (Å²) in [4.78, 5) is 6.71. The van der Waals surface area contributed by atoms with E-state index in [4.69, 9.17) is 5.26 Å². The topological polar surface area (TPSA) is 49.0 Å². The molecule has 0 unspecified atom stereocenters. The predicted molar refractivity (Wildman–Crippen MR) is 56.8 cm³/mol. The van der Waals surface area contributed by atoms with E-state index in [2.05, 4.69) is 9.98 Å². The number of aromatic nitrogens is 1. The number of allylic oxidation sites excluding steroid dienone is 2. The highest BCUT2D eigenvalue weighted by atomic mass is 19.1. The standard InChI is InChI=1S/C11H9F2N3/c1-7-3-4-15-9(5-7)10(8(2)12)11(13)16-6-14/h3-5H,1-2H3/b10-8?,16-11-. The van der Waals surface area contributed by atoms with Crippen molar-refractivity contribution in [2.75, 3.05) is 0 Å². The van der Waals surface area contributed by atoms with Gasteiger partial charge in [0.05, 0.1) is 11.3 Å². The first-order chi connectivity index (χ1) is 7.56. The normalized spacial score (nSPS) is 13.1. The first-order valence-electron chi connectivity index (χ1n) is 4.48. The summed E-state index contributed by atoms with van der Waals surface area (Å²) in [6.45, 7) is 2.86. The van der Waals surface area contributed by atoms with Gasteiger partial charge in [-0.15, -0.1) is 4.99 Å². The Bertz CT molecular complexity index is 494. The largest absolute Gasteiger partial charge is 0.256 e. The lowest BCUT2D eigenvalue weighted by molar-refractivity contribution is 0.643. The van der Waals surface area contributed by atoms with Gasteiger partial charge in [0.25, 0.3) is 0 Å². The lowest BCUT2D eigenvalue weighted by atomic mass is 10.1. The van der Waals surface area contributed by atoms with Crippen LogP contribution < -0.4 is 0 Å². The van der Waals surface area contributed by atoms with Gasteiger partial charge in [-0.05, 0) is 31.5 Å². The van der Waals surface area contributed by atoms with E-state index in [1.54, 1.807) is 13.0 Å². The number of pyridine rings is 1. The van der Waals surface area contributed by atoms with Crippen molar-refractivity contribution >= 4 is 11.5 Å². The van der Waals surface area contributed by atoms with E-state index in [0.29, 0.717) is 0 Å². The molecule has 82 valence electrons. The van der Waals surface area contributed by atoms with Gasteiger partial charge in [-0.1, -0.05) is 0 Å². The van der Waals surface area contributed by atoms with Crippen LogP contribution in [0.2, 0.25) is 0 Å². The van der Waals surface area contributed by atoms with Gasteiger partial charge in [-0.3, -0.25) is 4.98 Å². The molecule has 0 saturated heterocycles. The number of halogens is 2. The van der Waals surface area contributed by atoms with Crippen molar-refractivity contribution in [3.05, 3.63) is 35.4 Å². The summed E-state index contributed by atoms with van der Waals surface area (Å²) in [6.07, 6.45) is 2.71. The maximum absolute atomic E-state index is 13.3. The van der Waals surface area contributed by atoms with Crippen LogP contribution in [0.1, 0.15) is 18.2 Å². The van der Waals surface area contributed by atoms with Crippen molar-refractivity contribution in [2.45, 2.75) is 13.8 Å². The van der Waals surface area contributed by atoms with Crippen LogP contribution in [0.3, 0.4) is 0 Å². The van der Waals surface area contributed by atoms with Gasteiger partial charge in [0.15, 0.2) is 0 Å². The van der Waals surface area contributed by atoms with Crippen LogP contribution in [0.5, 0.6) is 0 Å². The molecule has 1 aromatic heterocycles. The minimum atomic E-state index is -1.17. The van der Waals surface area contributed by atoms with Crippen molar-refractivity contribution < 1.29 is 8.78 Å². The van der Waals surface area contributed by atoms with Crippen LogP contribution in [0.15, 0.2) is 29.1 Å². The molecule has 0 saturated carbocycles. The molecule has 5 heteroatoms. The first-order valence-corrected chi connectivity index (χ1v) is 4.48. The summed E-state index contributed by atoms with van der Waals surface area (Å²) in [5, 5.41) is 8.23. The molecule has 1 rings (SSSR count). The summed E-state index contributed by atoms with van der Waals surface area (Å²) in [5.74, 6) is -1.93. The van der Waals surface area contributed by atoms with Gasteiger partial charge >= 0.3 is 0 Å². The van der Waals surface area contributed by atoms with Gasteiger partial charge in [0.2, 0.25) is 12.2 Å². The molecule has 0 fully saturated rings. The number of aliphatic imine (C=N–C) groups is 1. The van der Waals surface area contributed by atoms with Crippen molar-refractivity contribution in [2.24, 2.45) is 4.99 Å². The molecule has 1 aromatic rings.